The molecular formula is C11H13F2N3. The van der Waals surface area contributed by atoms with E-state index in [-0.39, 0.29) is 11.1 Å². The molecule has 0 aliphatic heterocycles. The van der Waals surface area contributed by atoms with Crippen molar-refractivity contribution in [1.29, 1.82) is 0 Å². The molecule has 0 aliphatic rings. The molecule has 1 N–H and O–H groups in total. The zero-order valence-corrected chi connectivity index (χ0v) is 9.38. The second-order valence-electron chi connectivity index (χ2n) is 4.78. The fourth-order valence-corrected chi connectivity index (χ4v) is 1.68. The third-order valence-electron chi connectivity index (χ3n) is 2.47. The van der Waals surface area contributed by atoms with E-state index in [1.165, 1.54) is 6.07 Å². The van der Waals surface area contributed by atoms with Gasteiger partial charge >= 0.3 is 0 Å². The summed E-state index contributed by atoms with van der Waals surface area (Å²) in [5.41, 5.74) is 0.834. The number of nitrogens with zero attached hydrogens (tertiary/aromatic N) is 2. The van der Waals surface area contributed by atoms with Crippen LogP contribution in [0.15, 0.2) is 12.3 Å². The first-order chi connectivity index (χ1) is 7.39. The summed E-state index contributed by atoms with van der Waals surface area (Å²) in [5, 5.41) is 7.28. The molecule has 2 aromatic heterocycles. The highest BCUT2D eigenvalue weighted by atomic mass is 19.3. The summed E-state index contributed by atoms with van der Waals surface area (Å²) >= 11 is 0. The lowest BCUT2D eigenvalue weighted by atomic mass is 9.85. The van der Waals surface area contributed by atoms with Gasteiger partial charge in [-0.1, -0.05) is 20.8 Å². The number of hydrogen-bond acceptors (Lipinski definition) is 2. The Bertz CT molecular complexity index is 511. The maximum atomic E-state index is 12.7. The molecule has 3 nitrogen and oxygen atoms in total. The predicted molar refractivity (Wildman–Crippen MR) is 57.5 cm³/mol. The van der Waals surface area contributed by atoms with Gasteiger partial charge in [0.1, 0.15) is 5.69 Å². The van der Waals surface area contributed by atoms with Crippen LogP contribution >= 0.6 is 0 Å². The minimum atomic E-state index is -2.56. The van der Waals surface area contributed by atoms with Crippen LogP contribution in [0.5, 0.6) is 0 Å². The van der Waals surface area contributed by atoms with E-state index in [1.807, 2.05) is 20.8 Å². The summed E-state index contributed by atoms with van der Waals surface area (Å²) in [5.74, 6) is 0. The van der Waals surface area contributed by atoms with Crippen LogP contribution in [0.3, 0.4) is 0 Å². The molecule has 0 fully saturated rings. The molecule has 86 valence electrons. The molecule has 2 rings (SSSR count). The van der Waals surface area contributed by atoms with E-state index in [4.69, 9.17) is 0 Å². The van der Waals surface area contributed by atoms with E-state index in [0.717, 1.165) is 10.9 Å². The lowest BCUT2D eigenvalue weighted by Crippen LogP contribution is -2.12. The van der Waals surface area contributed by atoms with Gasteiger partial charge in [-0.05, 0) is 17.0 Å². The number of halogens is 2. The van der Waals surface area contributed by atoms with E-state index in [9.17, 15) is 8.78 Å². The van der Waals surface area contributed by atoms with Crippen LogP contribution in [0, 0.1) is 0 Å². The Labute approximate surface area is 91.9 Å². The third kappa shape index (κ3) is 1.77. The Kier molecular flexibility index (Phi) is 2.40. The molecule has 0 unspecified atom stereocenters. The minimum absolute atomic E-state index is 0.207. The summed E-state index contributed by atoms with van der Waals surface area (Å²) in [6, 6.07) is 1.46. The van der Waals surface area contributed by atoms with Gasteiger partial charge in [0.2, 0.25) is 0 Å². The van der Waals surface area contributed by atoms with Gasteiger partial charge in [0.25, 0.3) is 6.43 Å². The number of aromatic amines is 1. The highest BCUT2D eigenvalue weighted by molar-refractivity contribution is 5.79. The van der Waals surface area contributed by atoms with Gasteiger partial charge in [0, 0.05) is 5.39 Å². The second-order valence-corrected chi connectivity index (χ2v) is 4.78. The van der Waals surface area contributed by atoms with Gasteiger partial charge in [-0.2, -0.15) is 5.10 Å². The summed E-state index contributed by atoms with van der Waals surface area (Å²) in [4.78, 5) is 3.84. The molecule has 0 radical (unpaired) electrons. The quantitative estimate of drug-likeness (QED) is 0.809. The first-order valence-electron chi connectivity index (χ1n) is 5.02. The molecule has 0 aliphatic carbocycles. The fraction of sp³-hybridized carbons (Fsp3) is 0.455. The molecule has 0 bridgehead atoms. The maximum Gasteiger partial charge on any atom is 0.280 e. The number of aromatic nitrogens is 3. The molecule has 0 saturated carbocycles. The zero-order valence-electron chi connectivity index (χ0n) is 9.38. The van der Waals surface area contributed by atoms with Gasteiger partial charge < -0.3 is 0 Å². The molecule has 5 heteroatoms. The normalized spacial score (nSPS) is 12.6. The molecular weight excluding hydrogens is 212 g/mol. The van der Waals surface area contributed by atoms with Gasteiger partial charge in [-0.3, -0.25) is 5.10 Å². The largest absolute Gasteiger partial charge is 0.280 e. The smallest absolute Gasteiger partial charge is 0.261 e. The number of hydrogen-bond donors (Lipinski definition) is 1. The number of nitrogens with one attached hydrogen (secondary N) is 1. The molecule has 0 aromatic carbocycles. The van der Waals surface area contributed by atoms with Crippen LogP contribution in [-0.4, -0.2) is 15.2 Å². The Morgan fingerprint density at radius 3 is 2.56 bits per heavy atom. The van der Waals surface area contributed by atoms with Crippen LogP contribution in [0.25, 0.3) is 11.0 Å². The number of H-pyrrole nitrogens is 1. The van der Waals surface area contributed by atoms with Crippen molar-refractivity contribution in [3.63, 3.8) is 0 Å². The summed E-state index contributed by atoms with van der Waals surface area (Å²) in [7, 11) is 0. The van der Waals surface area contributed by atoms with Crippen molar-refractivity contribution < 1.29 is 8.78 Å². The highest BCUT2D eigenvalue weighted by Gasteiger charge is 2.22. The van der Waals surface area contributed by atoms with Crippen molar-refractivity contribution >= 4 is 11.0 Å². The molecule has 0 saturated heterocycles. The molecule has 16 heavy (non-hydrogen) atoms. The molecule has 2 aromatic rings. The van der Waals surface area contributed by atoms with E-state index in [0.29, 0.717) is 5.65 Å². The first kappa shape index (κ1) is 11.0. The van der Waals surface area contributed by atoms with Crippen LogP contribution in [0.1, 0.15) is 38.5 Å². The average molecular weight is 225 g/mol. The fourth-order valence-electron chi connectivity index (χ4n) is 1.68. The maximum absolute atomic E-state index is 12.7. The third-order valence-corrected chi connectivity index (χ3v) is 2.47. The summed E-state index contributed by atoms with van der Waals surface area (Å²) in [6.07, 6.45) is -0.938. The molecule has 0 amide bonds. The van der Waals surface area contributed by atoms with Gasteiger partial charge in [-0.15, -0.1) is 0 Å². The first-order valence-corrected chi connectivity index (χ1v) is 5.02. The minimum Gasteiger partial charge on any atom is -0.261 e. The Hall–Kier alpha value is -1.52. The van der Waals surface area contributed by atoms with Crippen LogP contribution in [-0.2, 0) is 5.41 Å². The lowest BCUT2D eigenvalue weighted by Gasteiger charge is -2.20. The second kappa shape index (κ2) is 3.50. The van der Waals surface area contributed by atoms with Gasteiger partial charge in [-0.25, -0.2) is 13.8 Å². The van der Waals surface area contributed by atoms with Crippen molar-refractivity contribution in [3.8, 4) is 0 Å². The number of pyridine rings is 1. The Balaban J connectivity index is 2.74. The van der Waals surface area contributed by atoms with Crippen molar-refractivity contribution in [2.24, 2.45) is 0 Å². The molecule has 2 heterocycles. The average Bonchev–Trinajstić information content (AvgIpc) is 2.61. The van der Waals surface area contributed by atoms with E-state index in [2.05, 4.69) is 15.2 Å². The van der Waals surface area contributed by atoms with E-state index < -0.39 is 6.43 Å². The SMILES string of the molecule is CC(C)(C)c1cc(C(F)F)nc2[nH]ncc12. The van der Waals surface area contributed by atoms with E-state index >= 15 is 0 Å². The number of rotatable bonds is 1. The summed E-state index contributed by atoms with van der Waals surface area (Å²) < 4.78 is 25.3. The van der Waals surface area contributed by atoms with Crippen molar-refractivity contribution in [2.75, 3.05) is 0 Å². The van der Waals surface area contributed by atoms with Crippen LogP contribution in [0.2, 0.25) is 0 Å². The summed E-state index contributed by atoms with van der Waals surface area (Å²) in [6.45, 7) is 5.93. The van der Waals surface area contributed by atoms with E-state index in [1.54, 1.807) is 6.20 Å². The van der Waals surface area contributed by atoms with Gasteiger partial charge in [0.05, 0.1) is 6.20 Å². The molecule has 0 spiro atoms. The Morgan fingerprint density at radius 1 is 1.31 bits per heavy atom. The van der Waals surface area contributed by atoms with Crippen LogP contribution in [0.4, 0.5) is 8.78 Å². The van der Waals surface area contributed by atoms with Crippen LogP contribution < -0.4 is 0 Å². The zero-order chi connectivity index (χ0) is 11.9. The van der Waals surface area contributed by atoms with Crippen molar-refractivity contribution in [2.45, 2.75) is 32.6 Å². The lowest BCUT2D eigenvalue weighted by molar-refractivity contribution is 0.146. The van der Waals surface area contributed by atoms with Crippen molar-refractivity contribution in [1.82, 2.24) is 15.2 Å². The monoisotopic (exact) mass is 225 g/mol. The topological polar surface area (TPSA) is 41.6 Å². The number of fused-ring (bicyclic) bond motifs is 1. The standard InChI is InChI=1S/C11H13F2N3/c1-11(2,3)7-4-8(9(12)13)15-10-6(7)5-14-16-10/h4-5,9H,1-3H3,(H,14,15,16). The highest BCUT2D eigenvalue weighted by Crippen LogP contribution is 2.31. The van der Waals surface area contributed by atoms with Crippen molar-refractivity contribution in [3.05, 3.63) is 23.5 Å². The molecule has 0 atom stereocenters. The van der Waals surface area contributed by atoms with Gasteiger partial charge in [0.15, 0.2) is 5.65 Å². The predicted octanol–water partition coefficient (Wildman–Crippen LogP) is 3.19. The Morgan fingerprint density at radius 2 is 2.00 bits per heavy atom. The number of alkyl halides is 2.